The van der Waals surface area contributed by atoms with Gasteiger partial charge in [0.15, 0.2) is 5.13 Å². The summed E-state index contributed by atoms with van der Waals surface area (Å²) in [4.78, 5) is 10.2. The Labute approximate surface area is 113 Å². The molecular formula is C11H15N3S3. The van der Waals surface area contributed by atoms with Gasteiger partial charge in [0, 0.05) is 11.1 Å². The summed E-state index contributed by atoms with van der Waals surface area (Å²) in [5, 5.41) is 3.80. The molecule has 0 saturated heterocycles. The van der Waals surface area contributed by atoms with E-state index in [1.54, 1.807) is 23.1 Å². The Morgan fingerprint density at radius 2 is 2.18 bits per heavy atom. The van der Waals surface area contributed by atoms with Crippen molar-refractivity contribution in [2.75, 3.05) is 12.0 Å². The average Bonchev–Trinajstić information content (AvgIpc) is 2.84. The second-order valence-corrected chi connectivity index (χ2v) is 6.82. The van der Waals surface area contributed by atoms with Crippen LogP contribution in [0, 0.1) is 0 Å². The van der Waals surface area contributed by atoms with E-state index in [1.807, 2.05) is 5.38 Å². The number of thiazole rings is 2. The molecule has 0 amide bonds. The first-order valence-electron chi connectivity index (χ1n) is 5.31. The van der Waals surface area contributed by atoms with Crippen molar-refractivity contribution in [2.24, 2.45) is 0 Å². The lowest BCUT2D eigenvalue weighted by Crippen LogP contribution is -1.91. The fourth-order valence-corrected chi connectivity index (χ4v) is 4.03. The smallest absolute Gasteiger partial charge is 0.180 e. The lowest BCUT2D eigenvalue weighted by atomic mass is 10.1. The van der Waals surface area contributed by atoms with Crippen LogP contribution in [0.1, 0.15) is 30.5 Å². The predicted molar refractivity (Wildman–Crippen MR) is 78.9 cm³/mol. The van der Waals surface area contributed by atoms with Crippen molar-refractivity contribution in [1.82, 2.24) is 9.97 Å². The zero-order valence-electron chi connectivity index (χ0n) is 10.1. The number of nitrogen functional groups attached to an aromatic ring is 1. The van der Waals surface area contributed by atoms with Gasteiger partial charge in [0.1, 0.15) is 5.01 Å². The van der Waals surface area contributed by atoms with Crippen molar-refractivity contribution in [3.8, 4) is 10.6 Å². The molecule has 3 nitrogen and oxygen atoms in total. The third kappa shape index (κ3) is 2.81. The van der Waals surface area contributed by atoms with Crippen molar-refractivity contribution >= 4 is 39.6 Å². The maximum atomic E-state index is 5.70. The van der Waals surface area contributed by atoms with Crippen LogP contribution in [0.4, 0.5) is 5.13 Å². The van der Waals surface area contributed by atoms with E-state index in [1.165, 1.54) is 21.2 Å². The van der Waals surface area contributed by atoms with E-state index in [4.69, 9.17) is 10.7 Å². The molecule has 2 N–H and O–H groups in total. The van der Waals surface area contributed by atoms with E-state index >= 15 is 0 Å². The van der Waals surface area contributed by atoms with Crippen molar-refractivity contribution in [3.05, 3.63) is 16.1 Å². The molecule has 0 aromatic carbocycles. The van der Waals surface area contributed by atoms with Gasteiger partial charge in [-0.05, 0) is 12.2 Å². The van der Waals surface area contributed by atoms with Crippen LogP contribution in [0.2, 0.25) is 0 Å². The highest BCUT2D eigenvalue weighted by Gasteiger charge is 2.17. The van der Waals surface area contributed by atoms with Crippen LogP contribution in [0.3, 0.4) is 0 Å². The van der Waals surface area contributed by atoms with Gasteiger partial charge in [-0.1, -0.05) is 13.8 Å². The van der Waals surface area contributed by atoms with Crippen molar-refractivity contribution in [2.45, 2.75) is 25.5 Å². The van der Waals surface area contributed by atoms with E-state index in [0.717, 1.165) is 17.1 Å². The minimum Gasteiger partial charge on any atom is -0.375 e. The molecule has 0 atom stereocenters. The van der Waals surface area contributed by atoms with E-state index in [2.05, 4.69) is 25.1 Å². The second-order valence-electron chi connectivity index (χ2n) is 3.98. The summed E-state index contributed by atoms with van der Waals surface area (Å²) < 4.78 is 0. The maximum Gasteiger partial charge on any atom is 0.180 e. The quantitative estimate of drug-likeness (QED) is 0.927. The van der Waals surface area contributed by atoms with Gasteiger partial charge in [0.2, 0.25) is 0 Å². The van der Waals surface area contributed by atoms with Crippen LogP contribution in [0.25, 0.3) is 10.6 Å². The number of thioether (sulfide) groups is 1. The van der Waals surface area contributed by atoms with E-state index in [-0.39, 0.29) is 0 Å². The largest absolute Gasteiger partial charge is 0.375 e. The number of anilines is 1. The minimum atomic E-state index is 0.416. The highest BCUT2D eigenvalue weighted by Crippen LogP contribution is 2.36. The molecule has 0 aliphatic rings. The zero-order chi connectivity index (χ0) is 12.4. The third-order valence-electron chi connectivity index (χ3n) is 2.27. The SMILES string of the molecule is CSCc1nc(C(C)C)c(-c2csc(N)n2)s1. The van der Waals surface area contributed by atoms with Gasteiger partial charge in [0.25, 0.3) is 0 Å². The first-order valence-corrected chi connectivity index (χ1v) is 8.40. The van der Waals surface area contributed by atoms with Crippen LogP contribution in [-0.4, -0.2) is 16.2 Å². The Balaban J connectivity index is 2.44. The van der Waals surface area contributed by atoms with Crippen LogP contribution in [0.5, 0.6) is 0 Å². The van der Waals surface area contributed by atoms with Gasteiger partial charge < -0.3 is 5.73 Å². The molecule has 2 rings (SSSR count). The predicted octanol–water partition coefficient (Wildman–Crippen LogP) is 3.84. The van der Waals surface area contributed by atoms with E-state index in [9.17, 15) is 0 Å². The molecular weight excluding hydrogens is 270 g/mol. The standard InChI is InChI=1S/C11H15N3S3/c1-6(2)9-10(7-4-16-11(12)13-7)17-8(14-9)5-15-3/h4,6H,5H2,1-3H3,(H2,12,13). The molecule has 0 fully saturated rings. The van der Waals surface area contributed by atoms with Gasteiger partial charge in [-0.2, -0.15) is 11.8 Å². The maximum absolute atomic E-state index is 5.70. The fourth-order valence-electron chi connectivity index (χ4n) is 1.53. The van der Waals surface area contributed by atoms with Gasteiger partial charge >= 0.3 is 0 Å². The first-order chi connectivity index (χ1) is 8.11. The second kappa shape index (κ2) is 5.37. The molecule has 0 bridgehead atoms. The normalized spacial score (nSPS) is 11.3. The summed E-state index contributed by atoms with van der Waals surface area (Å²) in [6.07, 6.45) is 2.09. The van der Waals surface area contributed by atoms with Crippen LogP contribution < -0.4 is 5.73 Å². The fraction of sp³-hybridized carbons (Fsp3) is 0.455. The number of hydrogen-bond donors (Lipinski definition) is 1. The van der Waals surface area contributed by atoms with E-state index < -0.39 is 0 Å². The van der Waals surface area contributed by atoms with E-state index in [0.29, 0.717) is 11.0 Å². The summed E-state index contributed by atoms with van der Waals surface area (Å²) in [5.74, 6) is 1.38. The van der Waals surface area contributed by atoms with Gasteiger partial charge in [-0.15, -0.1) is 22.7 Å². The summed E-state index contributed by atoms with van der Waals surface area (Å²) in [7, 11) is 0. The summed E-state index contributed by atoms with van der Waals surface area (Å²) >= 11 is 5.01. The lowest BCUT2D eigenvalue weighted by molar-refractivity contribution is 0.829. The van der Waals surface area contributed by atoms with Crippen molar-refractivity contribution in [1.29, 1.82) is 0 Å². The number of aromatic nitrogens is 2. The van der Waals surface area contributed by atoms with Crippen LogP contribution >= 0.6 is 34.4 Å². The van der Waals surface area contributed by atoms with Gasteiger partial charge in [0.05, 0.1) is 16.3 Å². The molecule has 0 radical (unpaired) electrons. The molecule has 17 heavy (non-hydrogen) atoms. The van der Waals surface area contributed by atoms with Crippen molar-refractivity contribution in [3.63, 3.8) is 0 Å². The number of rotatable bonds is 4. The molecule has 0 spiro atoms. The monoisotopic (exact) mass is 285 g/mol. The van der Waals surface area contributed by atoms with Gasteiger partial charge in [-0.3, -0.25) is 0 Å². The Kier molecular flexibility index (Phi) is 4.06. The Hall–Kier alpha value is -0.590. The minimum absolute atomic E-state index is 0.416. The zero-order valence-corrected chi connectivity index (χ0v) is 12.5. The molecule has 92 valence electrons. The molecule has 0 aliphatic carbocycles. The molecule has 0 aliphatic heterocycles. The molecule has 0 unspecified atom stereocenters. The van der Waals surface area contributed by atoms with Crippen molar-refractivity contribution < 1.29 is 0 Å². The first kappa shape index (κ1) is 12.9. The van der Waals surface area contributed by atoms with Crippen LogP contribution in [0.15, 0.2) is 5.38 Å². The topological polar surface area (TPSA) is 51.8 Å². The van der Waals surface area contributed by atoms with Gasteiger partial charge in [-0.25, -0.2) is 9.97 Å². The summed E-state index contributed by atoms with van der Waals surface area (Å²) in [6, 6.07) is 0. The highest BCUT2D eigenvalue weighted by atomic mass is 32.2. The molecule has 2 aromatic rings. The van der Waals surface area contributed by atoms with Crippen LogP contribution in [-0.2, 0) is 5.75 Å². The third-order valence-corrected chi connectivity index (χ3v) is 4.78. The number of nitrogens with zero attached hydrogens (tertiary/aromatic N) is 2. The summed E-state index contributed by atoms with van der Waals surface area (Å²) in [5.41, 5.74) is 7.81. The number of nitrogens with two attached hydrogens (primary N) is 1. The Morgan fingerprint density at radius 1 is 1.41 bits per heavy atom. The summed E-state index contributed by atoms with van der Waals surface area (Å²) in [6.45, 7) is 4.33. The Morgan fingerprint density at radius 3 is 2.71 bits per heavy atom. The molecule has 2 aromatic heterocycles. The Bertz CT molecular complexity index is 502. The lowest BCUT2D eigenvalue weighted by Gasteiger charge is -2.02. The highest BCUT2D eigenvalue weighted by molar-refractivity contribution is 7.97. The molecule has 0 saturated carbocycles. The molecule has 2 heterocycles. The average molecular weight is 285 g/mol. The number of hydrogen-bond acceptors (Lipinski definition) is 6. The molecule has 6 heteroatoms.